The topological polar surface area (TPSA) is 38.4 Å². The van der Waals surface area contributed by atoms with Crippen LogP contribution in [0.25, 0.3) is 54.9 Å². The smallest absolute Gasteiger partial charge is 0.183 e. The predicted octanol–water partition coefficient (Wildman–Crippen LogP) is 10.7. The van der Waals surface area contributed by atoms with Crippen LogP contribution in [-0.2, 0) is 0 Å². The summed E-state index contributed by atoms with van der Waals surface area (Å²) >= 11 is 0. The van der Waals surface area contributed by atoms with Gasteiger partial charge in [-0.3, -0.25) is 8.97 Å². The average Bonchev–Trinajstić information content (AvgIpc) is 4.32. The minimum Gasteiger partial charge on any atom is -0.310 e. The fraction of sp³-hybridized carbons (Fsp3) is 0. The summed E-state index contributed by atoms with van der Waals surface area (Å²) in [4.78, 5) is 13.0. The minimum absolute atomic E-state index is 0.873. The van der Waals surface area contributed by atoms with E-state index in [0.717, 1.165) is 39.1 Å². The van der Waals surface area contributed by atoms with Crippen LogP contribution < -0.4 is 46.4 Å². The van der Waals surface area contributed by atoms with Crippen molar-refractivity contribution in [2.75, 3.05) is 4.90 Å². The molecule has 0 N–H and O–H groups in total. The highest BCUT2D eigenvalue weighted by atomic mass is 28.3. The lowest BCUT2D eigenvalue weighted by Crippen LogP contribution is -2.86. The highest BCUT2D eigenvalue weighted by molar-refractivity contribution is 7.28. The molecule has 0 bridgehead atoms. The first-order chi connectivity index (χ1) is 37.3. The van der Waals surface area contributed by atoms with Gasteiger partial charge in [-0.15, -0.1) is 0 Å². The summed E-state index contributed by atoms with van der Waals surface area (Å²) in [6.45, 7) is 0. The number of anilines is 3. The molecule has 0 saturated carbocycles. The molecule has 4 aromatic heterocycles. The van der Waals surface area contributed by atoms with E-state index < -0.39 is 16.1 Å². The lowest BCUT2D eigenvalue weighted by atomic mass is 10.1. The second kappa shape index (κ2) is 17.1. The molecule has 0 fully saturated rings. The number of hydrogen-bond acceptors (Lipinski definition) is 3. The van der Waals surface area contributed by atoms with E-state index in [4.69, 9.17) is 9.97 Å². The molecule has 0 saturated heterocycles. The van der Waals surface area contributed by atoms with Gasteiger partial charge in [0.2, 0.25) is 0 Å². The quantitative estimate of drug-likeness (QED) is 0.0865. The Morgan fingerprint density at radius 2 is 0.987 bits per heavy atom. The number of fused-ring (bicyclic) bond motifs is 12. The van der Waals surface area contributed by atoms with Gasteiger partial charge in [-0.2, -0.15) is 0 Å². The van der Waals surface area contributed by atoms with Crippen LogP contribution >= 0.6 is 0 Å². The second-order valence-corrected chi connectivity index (χ2v) is 27.1. The van der Waals surface area contributed by atoms with Crippen LogP contribution in [0.15, 0.2) is 286 Å². The molecular formula is C68H47N5Si2. The zero-order valence-electron chi connectivity index (χ0n) is 40.9. The summed E-state index contributed by atoms with van der Waals surface area (Å²) in [5, 5.41) is 16.5. The van der Waals surface area contributed by atoms with Crippen LogP contribution in [0, 0.1) is 0 Å². The maximum atomic E-state index is 5.18. The average molecular weight is 990 g/mol. The number of nitrogens with zero attached hydrogens (tertiary/aromatic N) is 5. The van der Waals surface area contributed by atoms with Crippen molar-refractivity contribution in [3.05, 3.63) is 286 Å². The normalized spacial score (nSPS) is 13.1. The Labute approximate surface area is 436 Å². The summed E-state index contributed by atoms with van der Waals surface area (Å²) in [7, 11) is -7.04. The van der Waals surface area contributed by atoms with E-state index in [-0.39, 0.29) is 0 Å². The van der Waals surface area contributed by atoms with Crippen molar-refractivity contribution < 1.29 is 0 Å². The maximum absolute atomic E-state index is 5.18. The maximum Gasteiger partial charge on any atom is 0.183 e. The molecule has 15 rings (SSSR count). The van der Waals surface area contributed by atoms with Gasteiger partial charge in [0.15, 0.2) is 16.1 Å². The lowest BCUT2D eigenvalue weighted by Gasteiger charge is -2.49. The van der Waals surface area contributed by atoms with E-state index in [1.165, 1.54) is 74.4 Å². The fourth-order valence-corrected chi connectivity index (χ4v) is 24.3. The van der Waals surface area contributed by atoms with E-state index in [0.29, 0.717) is 0 Å². The van der Waals surface area contributed by atoms with Crippen LogP contribution in [-0.4, -0.2) is 35.1 Å². The number of para-hydroxylation sites is 4. The Morgan fingerprint density at radius 1 is 0.400 bits per heavy atom. The third kappa shape index (κ3) is 6.17. The predicted molar refractivity (Wildman–Crippen MR) is 318 cm³/mol. The summed E-state index contributed by atoms with van der Waals surface area (Å²) in [5.74, 6) is 0.873. The highest BCUT2D eigenvalue weighted by Gasteiger charge is 2.55. The van der Waals surface area contributed by atoms with Gasteiger partial charge in [-0.25, -0.2) is 9.97 Å². The molecular weight excluding hydrogens is 943 g/mol. The number of benzene rings is 10. The molecule has 0 unspecified atom stereocenters. The zero-order valence-corrected chi connectivity index (χ0v) is 42.9. The fourth-order valence-electron chi connectivity index (χ4n) is 13.1. The standard InChI is InChI=1S/C68H47N5Si2/c1-6-24-48(25-7-1)72-60-38-20-21-39-62(60)75(51-30-12-4-13-31-51,52-32-14-5-15-33-52)67-63(47-61-65(66(67)72)56-35-17-19-37-59(56)73(61)64-40-22-23-43-69-64)74(49-26-8-2-9-27-49,50-28-10-3-11-29-50)53-41-42-54-55-34-16-18-36-58(55)71-45-44-70-68(71)57(54)46-53/h1-47H. The molecule has 0 spiro atoms. The van der Waals surface area contributed by atoms with Gasteiger partial charge in [0.05, 0.1) is 22.2 Å². The molecule has 5 heterocycles. The van der Waals surface area contributed by atoms with Gasteiger partial charge >= 0.3 is 0 Å². The molecule has 75 heavy (non-hydrogen) atoms. The molecule has 0 atom stereocenters. The van der Waals surface area contributed by atoms with Crippen LogP contribution in [0.3, 0.4) is 0 Å². The molecule has 10 aromatic carbocycles. The second-order valence-electron chi connectivity index (χ2n) is 19.6. The van der Waals surface area contributed by atoms with Crippen LogP contribution in [0.5, 0.6) is 0 Å². The van der Waals surface area contributed by atoms with Crippen molar-refractivity contribution >= 4 is 124 Å². The number of aromatic nitrogens is 4. The lowest BCUT2D eigenvalue weighted by molar-refractivity contribution is 1.08. The Balaban J connectivity index is 1.26. The van der Waals surface area contributed by atoms with E-state index in [2.05, 4.69) is 281 Å². The first-order valence-electron chi connectivity index (χ1n) is 25.7. The Morgan fingerprint density at radius 3 is 1.67 bits per heavy atom. The molecule has 14 aromatic rings. The Kier molecular flexibility index (Phi) is 9.85. The van der Waals surface area contributed by atoms with Gasteiger partial charge in [-0.1, -0.05) is 218 Å². The number of imidazole rings is 1. The molecule has 5 nitrogen and oxygen atoms in total. The van der Waals surface area contributed by atoms with Crippen molar-refractivity contribution in [3.8, 4) is 5.82 Å². The van der Waals surface area contributed by atoms with Crippen molar-refractivity contribution in [1.82, 2.24) is 18.9 Å². The van der Waals surface area contributed by atoms with Crippen LogP contribution in [0.1, 0.15) is 0 Å². The van der Waals surface area contributed by atoms with E-state index in [1.807, 2.05) is 18.5 Å². The third-order valence-electron chi connectivity index (χ3n) is 16.0. The summed E-state index contributed by atoms with van der Waals surface area (Å²) < 4.78 is 4.70. The molecule has 352 valence electrons. The van der Waals surface area contributed by atoms with Crippen molar-refractivity contribution in [1.29, 1.82) is 0 Å². The van der Waals surface area contributed by atoms with Gasteiger partial charge in [0.25, 0.3) is 0 Å². The molecule has 0 aliphatic carbocycles. The number of hydrogen-bond donors (Lipinski definition) is 0. The highest BCUT2D eigenvalue weighted by Crippen LogP contribution is 2.46. The first kappa shape index (κ1) is 43.2. The number of pyridine rings is 2. The van der Waals surface area contributed by atoms with E-state index in [9.17, 15) is 0 Å². The SMILES string of the molecule is c1ccc(N2c3ccccc3[Si](c3ccccc3)(c3ccccc3)c3c([Si](c4ccccc4)(c4ccccc4)c4ccc5c6ccccc6n6ccnc6c5c4)cc4c(c32)c2ccccc2n4-c2ccccn2)cc1. The summed E-state index contributed by atoms with van der Waals surface area (Å²) in [6.07, 6.45) is 5.98. The molecule has 0 amide bonds. The molecule has 1 aliphatic heterocycles. The minimum atomic E-state index is -3.59. The third-order valence-corrected chi connectivity index (χ3v) is 25.9. The largest absolute Gasteiger partial charge is 0.310 e. The van der Waals surface area contributed by atoms with Crippen LogP contribution in [0.2, 0.25) is 0 Å². The molecule has 0 radical (unpaired) electrons. The van der Waals surface area contributed by atoms with Gasteiger partial charge in [0, 0.05) is 51.5 Å². The van der Waals surface area contributed by atoms with Crippen molar-refractivity contribution in [2.24, 2.45) is 0 Å². The number of rotatable bonds is 8. The van der Waals surface area contributed by atoms with Gasteiger partial charge in [-0.05, 0) is 95.4 Å². The van der Waals surface area contributed by atoms with E-state index >= 15 is 0 Å². The summed E-state index contributed by atoms with van der Waals surface area (Å²) in [6, 6.07) is 101. The Bertz CT molecular complexity index is 4390. The Hall–Kier alpha value is -9.41. The summed E-state index contributed by atoms with van der Waals surface area (Å²) in [5.41, 5.74) is 7.81. The molecule has 7 heteroatoms. The molecule has 1 aliphatic rings. The first-order valence-corrected chi connectivity index (χ1v) is 29.7. The zero-order chi connectivity index (χ0) is 49.5. The van der Waals surface area contributed by atoms with Gasteiger partial charge < -0.3 is 4.90 Å². The van der Waals surface area contributed by atoms with Crippen LogP contribution in [0.4, 0.5) is 17.1 Å². The van der Waals surface area contributed by atoms with E-state index in [1.54, 1.807) is 0 Å². The van der Waals surface area contributed by atoms with Crippen molar-refractivity contribution in [3.63, 3.8) is 0 Å². The monoisotopic (exact) mass is 989 g/mol. The van der Waals surface area contributed by atoms with Gasteiger partial charge in [0.1, 0.15) is 11.5 Å². The van der Waals surface area contributed by atoms with Crippen molar-refractivity contribution in [2.45, 2.75) is 0 Å².